The highest BCUT2D eigenvalue weighted by atomic mass is 16.6. The fraction of sp³-hybridized carbons (Fsp3) is 0.304. The number of carbonyl (C=O) groups is 3. The van der Waals surface area contributed by atoms with E-state index in [1.54, 1.807) is 36.4 Å². The summed E-state index contributed by atoms with van der Waals surface area (Å²) in [4.78, 5) is 37.5. The van der Waals surface area contributed by atoms with E-state index in [0.29, 0.717) is 53.8 Å². The maximum atomic E-state index is 12.5. The van der Waals surface area contributed by atoms with Gasteiger partial charge in [-0.25, -0.2) is 14.4 Å². The zero-order chi connectivity index (χ0) is 47.0. The van der Waals surface area contributed by atoms with Crippen molar-refractivity contribution in [1.29, 1.82) is 0 Å². The smallest absolute Gasteiger partial charge is 0.338 e. The number of hydrogen-bond donors (Lipinski definition) is 0. The van der Waals surface area contributed by atoms with Crippen LogP contribution in [0.5, 0.6) is 17.2 Å². The molecule has 9 heteroatoms. The highest BCUT2D eigenvalue weighted by molar-refractivity contribution is 5.90. The number of carbonyl (C=O) groups excluding carboxylic acids is 3. The molecule has 0 spiro atoms. The van der Waals surface area contributed by atoms with Gasteiger partial charge in [-0.2, -0.15) is 0 Å². The van der Waals surface area contributed by atoms with Crippen LogP contribution in [0.1, 0.15) is 134 Å². The summed E-state index contributed by atoms with van der Waals surface area (Å²) >= 11 is 0. The molecule has 0 aliphatic heterocycles. The number of ether oxygens (including phenoxy) is 6. The predicted octanol–water partition coefficient (Wildman–Crippen LogP) is 12.6. The second-order valence-corrected chi connectivity index (χ2v) is 19.2. The normalized spacial score (nSPS) is 11.9. The molecule has 0 aromatic heterocycles. The Bertz CT molecular complexity index is 2230. The van der Waals surface area contributed by atoms with Crippen LogP contribution in [0, 0.1) is 0 Å². The Labute approximate surface area is 383 Å². The molecule has 338 valence electrons. The van der Waals surface area contributed by atoms with Crippen molar-refractivity contribution < 1.29 is 42.8 Å². The van der Waals surface area contributed by atoms with Crippen molar-refractivity contribution in [2.75, 3.05) is 0 Å². The Morgan fingerprint density at radius 2 is 0.538 bits per heavy atom. The molecule has 6 aromatic rings. The second kappa shape index (κ2) is 19.9. The molecule has 0 atom stereocenters. The minimum Gasteiger partial charge on any atom is -0.489 e. The van der Waals surface area contributed by atoms with E-state index in [0.717, 1.165) is 33.4 Å². The van der Waals surface area contributed by atoms with E-state index >= 15 is 0 Å². The summed E-state index contributed by atoms with van der Waals surface area (Å²) in [5, 5.41) is 0. The lowest BCUT2D eigenvalue weighted by molar-refractivity contribution is 0.00569. The van der Waals surface area contributed by atoms with Gasteiger partial charge in [-0.05, 0) is 175 Å². The fourth-order valence-electron chi connectivity index (χ4n) is 6.88. The van der Waals surface area contributed by atoms with E-state index in [1.165, 1.54) is 0 Å². The predicted molar refractivity (Wildman–Crippen MR) is 253 cm³/mol. The first-order chi connectivity index (χ1) is 30.6. The van der Waals surface area contributed by atoms with Crippen molar-refractivity contribution in [3.63, 3.8) is 0 Å². The Morgan fingerprint density at radius 3 is 0.738 bits per heavy atom. The monoisotopic (exact) mass is 876 g/mol. The highest BCUT2D eigenvalue weighted by Gasteiger charge is 2.32. The van der Waals surface area contributed by atoms with Gasteiger partial charge in [-0.3, -0.25) is 0 Å². The summed E-state index contributed by atoms with van der Waals surface area (Å²) in [6.45, 7) is 19.8. The Morgan fingerprint density at radius 1 is 0.323 bits per heavy atom. The standard InChI is InChI=1S/C56H60O9/c1-53(2,3)63-50(57)41-17-11-38(12-18-41)35-60-47-29-23-44(24-30-47)56(10,45-25-31-48(32-26-45)61-36-39-13-19-42(20-14-39)51(58)64-54(4,5)6)46-27-33-49(34-28-46)62-37-40-15-21-43(22-16-40)52(59)65-55(7,8)9/h11-34H,35-37H2,1-10H3. The lowest BCUT2D eigenvalue weighted by Crippen LogP contribution is -2.25. The minimum atomic E-state index is -0.595. The molecule has 0 heterocycles. The van der Waals surface area contributed by atoms with Crippen LogP contribution in [-0.4, -0.2) is 34.7 Å². The molecule has 0 aliphatic rings. The van der Waals surface area contributed by atoms with Gasteiger partial charge in [0.1, 0.15) is 53.9 Å². The first kappa shape index (κ1) is 47.6. The maximum absolute atomic E-state index is 12.5. The lowest BCUT2D eigenvalue weighted by atomic mass is 9.71. The van der Waals surface area contributed by atoms with Crippen molar-refractivity contribution in [1.82, 2.24) is 0 Å². The molecular weight excluding hydrogens is 817 g/mol. The third-order valence-electron chi connectivity index (χ3n) is 10.3. The van der Waals surface area contributed by atoms with Gasteiger partial charge in [0, 0.05) is 5.41 Å². The minimum absolute atomic E-state index is 0.329. The van der Waals surface area contributed by atoms with Gasteiger partial charge in [0.25, 0.3) is 0 Å². The van der Waals surface area contributed by atoms with Crippen molar-refractivity contribution >= 4 is 17.9 Å². The van der Waals surface area contributed by atoms with Crippen molar-refractivity contribution in [2.24, 2.45) is 0 Å². The molecule has 0 aliphatic carbocycles. The number of benzene rings is 6. The average Bonchev–Trinajstić information content (AvgIpc) is 3.26. The zero-order valence-corrected chi connectivity index (χ0v) is 39.2. The van der Waals surface area contributed by atoms with Gasteiger partial charge in [0.05, 0.1) is 16.7 Å². The molecule has 6 rings (SSSR count). The summed E-state index contributed by atoms with van der Waals surface area (Å²) in [7, 11) is 0. The van der Waals surface area contributed by atoms with Crippen LogP contribution in [0.3, 0.4) is 0 Å². The zero-order valence-electron chi connectivity index (χ0n) is 39.2. The summed E-state index contributed by atoms with van der Waals surface area (Å²) in [5.41, 5.74) is 5.07. The van der Waals surface area contributed by atoms with Crippen molar-refractivity contribution in [2.45, 2.75) is 111 Å². The van der Waals surface area contributed by atoms with Crippen molar-refractivity contribution in [3.8, 4) is 17.2 Å². The topological polar surface area (TPSA) is 107 Å². The number of rotatable bonds is 15. The first-order valence-electron chi connectivity index (χ1n) is 21.8. The third kappa shape index (κ3) is 13.6. The molecule has 0 unspecified atom stereocenters. The van der Waals surface area contributed by atoms with Gasteiger partial charge in [0.15, 0.2) is 0 Å². The van der Waals surface area contributed by atoms with E-state index in [9.17, 15) is 14.4 Å². The number of hydrogen-bond acceptors (Lipinski definition) is 9. The molecule has 0 saturated heterocycles. The van der Waals surface area contributed by atoms with E-state index in [4.69, 9.17) is 28.4 Å². The first-order valence-corrected chi connectivity index (χ1v) is 21.8. The molecule has 0 radical (unpaired) electrons. The average molecular weight is 877 g/mol. The van der Waals surface area contributed by atoms with Crippen molar-refractivity contribution in [3.05, 3.63) is 196 Å². The van der Waals surface area contributed by atoms with Gasteiger partial charge in [0.2, 0.25) is 0 Å². The summed E-state index contributed by atoms with van der Waals surface area (Å²) in [5.74, 6) is 1.04. The van der Waals surface area contributed by atoms with Crippen LogP contribution < -0.4 is 14.2 Å². The van der Waals surface area contributed by atoms with E-state index in [1.807, 2.05) is 135 Å². The number of esters is 3. The Balaban J connectivity index is 1.17. The molecule has 0 fully saturated rings. The maximum Gasteiger partial charge on any atom is 0.338 e. The molecular formula is C56H60O9. The summed E-state index contributed by atoms with van der Waals surface area (Å²) in [6, 6.07) is 46.1. The van der Waals surface area contributed by atoms with Gasteiger partial charge in [-0.1, -0.05) is 72.8 Å². The largest absolute Gasteiger partial charge is 0.489 e. The molecule has 0 saturated carbocycles. The van der Waals surface area contributed by atoms with E-state index < -0.39 is 22.2 Å². The SMILES string of the molecule is CC(C)(C)OC(=O)c1ccc(COc2ccc(C(C)(c3ccc(OCc4ccc(C(=O)OC(C)(C)C)cc4)cc3)c3ccc(OCc4ccc(C(=O)OC(C)(C)C)cc4)cc3)cc2)cc1. The molecule has 0 amide bonds. The Hall–Kier alpha value is -6.87. The molecule has 65 heavy (non-hydrogen) atoms. The quantitative estimate of drug-likeness (QED) is 0.0566. The molecule has 9 nitrogen and oxygen atoms in total. The van der Waals surface area contributed by atoms with E-state index in [-0.39, 0.29) is 17.9 Å². The van der Waals surface area contributed by atoms with Crippen LogP contribution in [0.25, 0.3) is 0 Å². The molecule has 6 aromatic carbocycles. The fourth-order valence-corrected chi connectivity index (χ4v) is 6.88. The van der Waals surface area contributed by atoms with Crippen LogP contribution in [0.15, 0.2) is 146 Å². The van der Waals surface area contributed by atoms with Gasteiger partial charge in [-0.15, -0.1) is 0 Å². The molecule has 0 bridgehead atoms. The highest BCUT2D eigenvalue weighted by Crippen LogP contribution is 2.41. The van der Waals surface area contributed by atoms with Crippen LogP contribution >= 0.6 is 0 Å². The van der Waals surface area contributed by atoms with Gasteiger partial charge >= 0.3 is 17.9 Å². The van der Waals surface area contributed by atoms with E-state index in [2.05, 4.69) is 43.3 Å². The summed E-state index contributed by atoms with van der Waals surface area (Å²) < 4.78 is 35.1. The van der Waals surface area contributed by atoms with Crippen LogP contribution in [0.4, 0.5) is 0 Å². The van der Waals surface area contributed by atoms with Crippen LogP contribution in [0.2, 0.25) is 0 Å². The Kier molecular flexibility index (Phi) is 14.6. The molecule has 0 N–H and O–H groups in total. The second-order valence-electron chi connectivity index (χ2n) is 19.2. The third-order valence-corrected chi connectivity index (χ3v) is 10.3. The van der Waals surface area contributed by atoms with Gasteiger partial charge < -0.3 is 28.4 Å². The van der Waals surface area contributed by atoms with Crippen LogP contribution in [-0.2, 0) is 39.4 Å². The lowest BCUT2D eigenvalue weighted by Gasteiger charge is -2.32. The summed E-state index contributed by atoms with van der Waals surface area (Å²) in [6.07, 6.45) is 0.